The van der Waals surface area contributed by atoms with Gasteiger partial charge < -0.3 is 5.32 Å². The predicted molar refractivity (Wildman–Crippen MR) is 78.3 cm³/mol. The number of nitrogens with one attached hydrogen (secondary N) is 1. The van der Waals surface area contributed by atoms with E-state index < -0.39 is 17.6 Å². The molecule has 21 heavy (non-hydrogen) atoms. The fraction of sp³-hybridized carbons (Fsp3) is 0.133. The minimum atomic E-state index is -4.45. The number of hydrogen-bond acceptors (Lipinski definition) is 1. The first-order valence-electron chi connectivity index (χ1n) is 6.03. The Hall–Kier alpha value is -1.82. The summed E-state index contributed by atoms with van der Waals surface area (Å²) in [5, 5.41) is 2.47. The standard InChI is InChI=1S/C15H11BrF3NO/c1-9-6-7-10(8-12(9)15(17,18)19)20-14(21)11-4-2-3-5-13(11)16/h2-8H,1H3,(H,20,21). The minimum Gasteiger partial charge on any atom is -0.322 e. The van der Waals surface area contributed by atoms with Crippen molar-refractivity contribution in [2.24, 2.45) is 0 Å². The minimum absolute atomic E-state index is 0.105. The molecule has 1 N–H and O–H groups in total. The number of aryl methyl sites for hydroxylation is 1. The molecule has 110 valence electrons. The lowest BCUT2D eigenvalue weighted by atomic mass is 10.1. The summed E-state index contributed by atoms with van der Waals surface area (Å²) in [5.41, 5.74) is -0.186. The Morgan fingerprint density at radius 3 is 2.43 bits per heavy atom. The van der Waals surface area contributed by atoms with E-state index in [-0.39, 0.29) is 11.3 Å². The van der Waals surface area contributed by atoms with E-state index in [0.29, 0.717) is 10.0 Å². The molecule has 0 heterocycles. The van der Waals surface area contributed by atoms with Crippen molar-refractivity contribution in [1.29, 1.82) is 0 Å². The third-order valence-electron chi connectivity index (χ3n) is 2.92. The quantitative estimate of drug-likeness (QED) is 0.802. The molecule has 1 amide bonds. The van der Waals surface area contributed by atoms with Crippen molar-refractivity contribution in [2.45, 2.75) is 13.1 Å². The summed E-state index contributed by atoms with van der Waals surface area (Å²) < 4.78 is 39.1. The molecular weight excluding hydrogens is 347 g/mol. The van der Waals surface area contributed by atoms with E-state index in [1.165, 1.54) is 19.1 Å². The lowest BCUT2D eigenvalue weighted by Crippen LogP contribution is -2.14. The maximum atomic E-state index is 12.8. The summed E-state index contributed by atoms with van der Waals surface area (Å²) in [5.74, 6) is -0.473. The van der Waals surface area contributed by atoms with E-state index in [1.54, 1.807) is 24.3 Å². The number of hydrogen-bond donors (Lipinski definition) is 1. The van der Waals surface area contributed by atoms with Gasteiger partial charge in [0.1, 0.15) is 0 Å². The van der Waals surface area contributed by atoms with E-state index in [4.69, 9.17) is 0 Å². The van der Waals surface area contributed by atoms with Gasteiger partial charge in [0.15, 0.2) is 0 Å². The van der Waals surface area contributed by atoms with Gasteiger partial charge in [-0.3, -0.25) is 4.79 Å². The van der Waals surface area contributed by atoms with Gasteiger partial charge in [0.05, 0.1) is 11.1 Å². The molecule has 0 aliphatic carbocycles. The zero-order valence-electron chi connectivity index (χ0n) is 11.0. The molecule has 0 aromatic heterocycles. The Balaban J connectivity index is 2.29. The molecule has 2 aromatic carbocycles. The normalized spacial score (nSPS) is 11.3. The number of amides is 1. The second-order valence-corrected chi connectivity index (χ2v) is 5.32. The molecule has 0 unspecified atom stereocenters. The molecule has 0 aliphatic rings. The van der Waals surface area contributed by atoms with E-state index in [1.807, 2.05) is 0 Å². The van der Waals surface area contributed by atoms with Gasteiger partial charge >= 0.3 is 6.18 Å². The molecule has 0 atom stereocenters. The van der Waals surface area contributed by atoms with Gasteiger partial charge in [0.25, 0.3) is 5.91 Å². The Morgan fingerprint density at radius 1 is 1.14 bits per heavy atom. The van der Waals surface area contributed by atoms with Crippen LogP contribution in [0, 0.1) is 6.92 Å². The third kappa shape index (κ3) is 3.64. The van der Waals surface area contributed by atoms with Gasteiger partial charge in [0.2, 0.25) is 0 Å². The first kappa shape index (κ1) is 15.6. The number of carbonyl (C=O) groups excluding carboxylic acids is 1. The molecule has 0 bridgehead atoms. The second kappa shape index (κ2) is 5.89. The van der Waals surface area contributed by atoms with Crippen molar-refractivity contribution in [1.82, 2.24) is 0 Å². The molecule has 0 radical (unpaired) electrons. The maximum Gasteiger partial charge on any atom is 0.416 e. The van der Waals surface area contributed by atoms with Crippen LogP contribution in [0.15, 0.2) is 46.9 Å². The Morgan fingerprint density at radius 2 is 1.81 bits per heavy atom. The average Bonchev–Trinajstić information content (AvgIpc) is 2.40. The van der Waals surface area contributed by atoms with Crippen LogP contribution < -0.4 is 5.32 Å². The summed E-state index contributed by atoms with van der Waals surface area (Å²) in [6, 6.07) is 10.4. The van der Waals surface area contributed by atoms with Gasteiger partial charge in [-0.25, -0.2) is 0 Å². The van der Waals surface area contributed by atoms with Crippen LogP contribution in [0.2, 0.25) is 0 Å². The number of rotatable bonds is 2. The SMILES string of the molecule is Cc1ccc(NC(=O)c2ccccc2Br)cc1C(F)(F)F. The number of benzene rings is 2. The van der Waals surface area contributed by atoms with E-state index in [9.17, 15) is 18.0 Å². The highest BCUT2D eigenvalue weighted by molar-refractivity contribution is 9.10. The molecule has 6 heteroatoms. The molecule has 0 spiro atoms. The largest absolute Gasteiger partial charge is 0.416 e. The van der Waals surface area contributed by atoms with Crippen LogP contribution in [-0.4, -0.2) is 5.91 Å². The average molecular weight is 358 g/mol. The van der Waals surface area contributed by atoms with Crippen LogP contribution in [0.3, 0.4) is 0 Å². The number of anilines is 1. The number of halogens is 4. The lowest BCUT2D eigenvalue weighted by molar-refractivity contribution is -0.138. The van der Waals surface area contributed by atoms with Crippen molar-refractivity contribution in [3.8, 4) is 0 Å². The maximum absolute atomic E-state index is 12.8. The van der Waals surface area contributed by atoms with Gasteiger partial charge in [-0.1, -0.05) is 18.2 Å². The van der Waals surface area contributed by atoms with E-state index >= 15 is 0 Å². The number of carbonyl (C=O) groups is 1. The van der Waals surface area contributed by atoms with Crippen molar-refractivity contribution < 1.29 is 18.0 Å². The van der Waals surface area contributed by atoms with Gasteiger partial charge in [-0.15, -0.1) is 0 Å². The molecular formula is C15H11BrF3NO. The monoisotopic (exact) mass is 357 g/mol. The highest BCUT2D eigenvalue weighted by Gasteiger charge is 2.32. The van der Waals surface area contributed by atoms with Crippen molar-refractivity contribution in [3.63, 3.8) is 0 Å². The summed E-state index contributed by atoms with van der Waals surface area (Å²) in [6.07, 6.45) is -4.45. The predicted octanol–water partition coefficient (Wildman–Crippen LogP) is 5.03. The van der Waals surface area contributed by atoms with Crippen molar-refractivity contribution in [3.05, 3.63) is 63.6 Å². The first-order valence-corrected chi connectivity index (χ1v) is 6.82. The van der Waals surface area contributed by atoms with E-state index in [0.717, 1.165) is 6.07 Å². The topological polar surface area (TPSA) is 29.1 Å². The fourth-order valence-corrected chi connectivity index (χ4v) is 2.31. The fourth-order valence-electron chi connectivity index (χ4n) is 1.85. The molecule has 2 aromatic rings. The van der Waals surface area contributed by atoms with E-state index in [2.05, 4.69) is 21.2 Å². The van der Waals surface area contributed by atoms with Crippen LogP contribution in [-0.2, 0) is 6.18 Å². The summed E-state index contributed by atoms with van der Waals surface area (Å²) in [6.45, 7) is 1.38. The van der Waals surface area contributed by atoms with Gasteiger partial charge in [-0.2, -0.15) is 13.2 Å². The third-order valence-corrected chi connectivity index (χ3v) is 3.61. The molecule has 0 aliphatic heterocycles. The molecule has 0 fully saturated rings. The molecule has 0 saturated carbocycles. The Labute approximate surface area is 128 Å². The second-order valence-electron chi connectivity index (χ2n) is 4.46. The number of alkyl halides is 3. The molecule has 2 nitrogen and oxygen atoms in total. The van der Waals surface area contributed by atoms with Crippen LogP contribution >= 0.6 is 15.9 Å². The summed E-state index contributed by atoms with van der Waals surface area (Å²) >= 11 is 3.23. The van der Waals surface area contributed by atoms with Crippen LogP contribution in [0.25, 0.3) is 0 Å². The summed E-state index contributed by atoms with van der Waals surface area (Å²) in [4.78, 5) is 12.1. The Kier molecular flexibility index (Phi) is 4.37. The zero-order chi connectivity index (χ0) is 15.6. The highest BCUT2D eigenvalue weighted by Crippen LogP contribution is 2.33. The van der Waals surface area contributed by atoms with Crippen LogP contribution in [0.1, 0.15) is 21.5 Å². The zero-order valence-corrected chi connectivity index (χ0v) is 12.5. The Bertz CT molecular complexity index is 683. The van der Waals surface area contributed by atoms with Crippen LogP contribution in [0.4, 0.5) is 18.9 Å². The van der Waals surface area contributed by atoms with Gasteiger partial charge in [-0.05, 0) is 52.7 Å². The highest BCUT2D eigenvalue weighted by atomic mass is 79.9. The van der Waals surface area contributed by atoms with Crippen molar-refractivity contribution in [2.75, 3.05) is 5.32 Å². The lowest BCUT2D eigenvalue weighted by Gasteiger charge is -2.13. The van der Waals surface area contributed by atoms with Crippen molar-refractivity contribution >= 4 is 27.5 Å². The first-order chi connectivity index (χ1) is 9.79. The van der Waals surface area contributed by atoms with Gasteiger partial charge in [0, 0.05) is 10.2 Å². The summed E-state index contributed by atoms with van der Waals surface area (Å²) in [7, 11) is 0. The molecule has 0 saturated heterocycles. The smallest absolute Gasteiger partial charge is 0.322 e. The van der Waals surface area contributed by atoms with Crippen LogP contribution in [0.5, 0.6) is 0 Å². The molecule has 2 rings (SSSR count).